The van der Waals surface area contributed by atoms with Gasteiger partial charge in [0.05, 0.1) is 33.5 Å². The van der Waals surface area contributed by atoms with E-state index >= 15 is 0 Å². The quantitative estimate of drug-likeness (QED) is 0.167. The van der Waals surface area contributed by atoms with Gasteiger partial charge in [0.25, 0.3) is 0 Å². The van der Waals surface area contributed by atoms with Crippen molar-refractivity contribution in [3.8, 4) is 22.3 Å². The zero-order valence-corrected chi connectivity index (χ0v) is 36.2. The molecule has 306 valence electrons. The monoisotopic (exact) mass is 824 g/mol. The average molecular weight is 825 g/mol. The number of hydrogen-bond acceptors (Lipinski definition) is 4. The lowest BCUT2D eigenvalue weighted by Gasteiger charge is -2.32. The average Bonchev–Trinajstić information content (AvgIpc) is 4.03. The number of fused-ring (bicyclic) bond motifs is 12. The third kappa shape index (κ3) is 5.05. The van der Waals surface area contributed by atoms with E-state index in [-0.39, 0.29) is 10.8 Å². The van der Waals surface area contributed by atoms with E-state index in [1.54, 1.807) is 0 Å². The lowest BCUT2D eigenvalue weighted by Crippen LogP contribution is -2.17. The molecular weight excluding hydrogens is 781 g/mol. The summed E-state index contributed by atoms with van der Waals surface area (Å²) < 4.78 is 13.2. The predicted molar refractivity (Wildman–Crippen MR) is 265 cm³/mol. The summed E-state index contributed by atoms with van der Waals surface area (Å²) >= 11 is 0. The van der Waals surface area contributed by atoms with Gasteiger partial charge in [-0.2, -0.15) is 0 Å². The summed E-state index contributed by atoms with van der Waals surface area (Å²) in [5, 5.41) is 4.34. The third-order valence-electron chi connectivity index (χ3n) is 14.2. The van der Waals surface area contributed by atoms with E-state index in [1.807, 2.05) is 12.1 Å². The molecule has 11 aromatic rings. The molecule has 0 amide bonds. The Morgan fingerprint density at radius 1 is 0.328 bits per heavy atom. The Kier molecular flexibility index (Phi) is 7.67. The van der Waals surface area contributed by atoms with E-state index in [0.29, 0.717) is 0 Å². The van der Waals surface area contributed by atoms with Crippen LogP contribution in [-0.4, -0.2) is 0 Å². The lowest BCUT2D eigenvalue weighted by atomic mass is 9.82. The van der Waals surface area contributed by atoms with Crippen LogP contribution in [0.4, 0.5) is 34.1 Å². The first-order valence-electron chi connectivity index (χ1n) is 22.3. The van der Waals surface area contributed by atoms with Crippen LogP contribution in [0.2, 0.25) is 0 Å². The van der Waals surface area contributed by atoms with Gasteiger partial charge in [0, 0.05) is 44.1 Å². The Labute approximate surface area is 372 Å². The Hall–Kier alpha value is -7.82. The molecule has 4 heteroatoms. The maximum atomic E-state index is 6.59. The highest BCUT2D eigenvalue weighted by molar-refractivity contribution is 6.16. The minimum Gasteiger partial charge on any atom is -0.456 e. The molecule has 2 aliphatic rings. The molecular formula is C60H44N2O2. The first kappa shape index (κ1) is 36.8. The van der Waals surface area contributed by atoms with Crippen molar-refractivity contribution in [3.05, 3.63) is 216 Å². The van der Waals surface area contributed by atoms with Crippen molar-refractivity contribution in [1.29, 1.82) is 0 Å². The van der Waals surface area contributed by atoms with Crippen molar-refractivity contribution >= 4 is 78.0 Å². The Morgan fingerprint density at radius 2 is 0.688 bits per heavy atom. The van der Waals surface area contributed by atoms with Gasteiger partial charge in [-0.25, -0.2) is 0 Å². The number of anilines is 6. The predicted octanol–water partition coefficient (Wildman–Crippen LogP) is 17.0. The lowest BCUT2D eigenvalue weighted by molar-refractivity contribution is 0.660. The van der Waals surface area contributed by atoms with E-state index < -0.39 is 0 Å². The van der Waals surface area contributed by atoms with Crippen LogP contribution in [0.25, 0.3) is 66.1 Å². The zero-order chi connectivity index (χ0) is 42.9. The van der Waals surface area contributed by atoms with Gasteiger partial charge < -0.3 is 18.6 Å². The van der Waals surface area contributed by atoms with Crippen molar-refractivity contribution in [1.82, 2.24) is 0 Å². The Balaban J connectivity index is 1.12. The van der Waals surface area contributed by atoms with Crippen molar-refractivity contribution in [2.45, 2.75) is 38.5 Å². The van der Waals surface area contributed by atoms with Crippen LogP contribution in [0, 0.1) is 0 Å². The fraction of sp³-hybridized carbons (Fsp3) is 0.100. The molecule has 0 bridgehead atoms. The number of nitrogens with zero attached hydrogens (tertiary/aromatic N) is 2. The van der Waals surface area contributed by atoms with Gasteiger partial charge in [-0.1, -0.05) is 155 Å². The van der Waals surface area contributed by atoms with Crippen LogP contribution in [0.5, 0.6) is 0 Å². The van der Waals surface area contributed by atoms with Crippen LogP contribution >= 0.6 is 0 Å². The Bertz CT molecular complexity index is 3470. The second-order valence-electron chi connectivity index (χ2n) is 18.4. The summed E-state index contributed by atoms with van der Waals surface area (Å²) in [5.74, 6) is 0. The highest BCUT2D eigenvalue weighted by Gasteiger charge is 2.40. The topological polar surface area (TPSA) is 32.8 Å². The second kappa shape index (κ2) is 13.3. The van der Waals surface area contributed by atoms with Crippen molar-refractivity contribution < 1.29 is 8.83 Å². The molecule has 2 aromatic heterocycles. The van der Waals surface area contributed by atoms with Crippen LogP contribution < -0.4 is 9.80 Å². The summed E-state index contributed by atoms with van der Waals surface area (Å²) in [6, 6.07) is 70.4. The minimum atomic E-state index is -0.176. The van der Waals surface area contributed by atoms with Crippen molar-refractivity contribution in [2.24, 2.45) is 0 Å². The molecule has 0 saturated carbocycles. The van der Waals surface area contributed by atoms with Gasteiger partial charge in [0.2, 0.25) is 0 Å². The normalized spacial score (nSPS) is 14.2. The van der Waals surface area contributed by atoms with Crippen LogP contribution in [-0.2, 0) is 10.8 Å². The molecule has 2 aliphatic carbocycles. The van der Waals surface area contributed by atoms with Gasteiger partial charge >= 0.3 is 0 Å². The molecule has 9 aromatic carbocycles. The maximum Gasteiger partial charge on any atom is 0.137 e. The molecule has 0 saturated heterocycles. The smallest absolute Gasteiger partial charge is 0.137 e. The molecule has 64 heavy (non-hydrogen) atoms. The first-order chi connectivity index (χ1) is 31.3. The maximum absolute atomic E-state index is 6.59. The van der Waals surface area contributed by atoms with Crippen molar-refractivity contribution in [3.63, 3.8) is 0 Å². The van der Waals surface area contributed by atoms with E-state index in [2.05, 4.69) is 219 Å². The fourth-order valence-electron chi connectivity index (χ4n) is 11.3. The highest BCUT2D eigenvalue weighted by Crippen LogP contribution is 2.58. The zero-order valence-electron chi connectivity index (χ0n) is 36.2. The standard InChI is InChI=1S/C60H44N2O2/c1-59(2)43-24-9-5-20-39(43)55-45(59)26-14-28-47(55)61(49-30-16-34-53-57(49)41-22-7-11-32-51(41)63-53)37-18-13-19-38(36-37)62(50-31-17-35-54-58(50)42-23-8-12-33-52(42)64-54)48-29-15-27-46-56(48)40-21-6-10-25-44(40)60(46,3)4/h5-36H,1-4H3. The summed E-state index contributed by atoms with van der Waals surface area (Å²) in [5.41, 5.74) is 19.9. The third-order valence-corrected chi connectivity index (χ3v) is 14.2. The molecule has 0 fully saturated rings. The van der Waals surface area contributed by atoms with Gasteiger partial charge in [0.1, 0.15) is 22.3 Å². The van der Waals surface area contributed by atoms with Crippen molar-refractivity contribution in [2.75, 3.05) is 9.80 Å². The van der Waals surface area contributed by atoms with Crippen LogP contribution in [0.3, 0.4) is 0 Å². The molecule has 0 radical (unpaired) electrons. The molecule has 4 nitrogen and oxygen atoms in total. The van der Waals surface area contributed by atoms with E-state index in [0.717, 1.165) is 78.0 Å². The largest absolute Gasteiger partial charge is 0.456 e. The Morgan fingerprint density at radius 3 is 1.17 bits per heavy atom. The van der Waals surface area contributed by atoms with Crippen LogP contribution in [0.15, 0.2) is 203 Å². The van der Waals surface area contributed by atoms with E-state index in [4.69, 9.17) is 8.83 Å². The minimum absolute atomic E-state index is 0.176. The number of para-hydroxylation sites is 2. The molecule has 0 N–H and O–H groups in total. The SMILES string of the molecule is CC1(C)c2ccccc2-c2c(N(c3cccc(N(c4cccc5c4-c4ccccc4C5(C)C)c4cccc5oc6ccccc6c45)c3)c3cccc4oc5ccccc5c34)cccc21. The van der Waals surface area contributed by atoms with Gasteiger partial charge in [0.15, 0.2) is 0 Å². The molecule has 0 aliphatic heterocycles. The molecule has 13 rings (SSSR count). The first-order valence-corrected chi connectivity index (χ1v) is 22.3. The molecule has 0 unspecified atom stereocenters. The summed E-state index contributed by atoms with van der Waals surface area (Å²) in [6.07, 6.45) is 0. The van der Waals surface area contributed by atoms with Gasteiger partial charge in [-0.15, -0.1) is 0 Å². The number of benzene rings is 9. The van der Waals surface area contributed by atoms with E-state index in [9.17, 15) is 0 Å². The summed E-state index contributed by atoms with van der Waals surface area (Å²) in [4.78, 5) is 4.95. The van der Waals surface area contributed by atoms with Crippen LogP contribution in [0.1, 0.15) is 49.9 Å². The fourth-order valence-corrected chi connectivity index (χ4v) is 11.3. The molecule has 0 spiro atoms. The van der Waals surface area contributed by atoms with Gasteiger partial charge in [-0.05, 0) is 100 Å². The van der Waals surface area contributed by atoms with Gasteiger partial charge in [-0.3, -0.25) is 0 Å². The summed E-state index contributed by atoms with van der Waals surface area (Å²) in [6.45, 7) is 9.41. The second-order valence-corrected chi connectivity index (χ2v) is 18.4. The number of hydrogen-bond donors (Lipinski definition) is 0. The summed E-state index contributed by atoms with van der Waals surface area (Å²) in [7, 11) is 0. The van der Waals surface area contributed by atoms with E-state index in [1.165, 1.54) is 44.5 Å². The molecule has 2 heterocycles. The number of rotatable bonds is 6. The number of furan rings is 2. The molecule has 0 atom stereocenters. The highest BCUT2D eigenvalue weighted by atomic mass is 16.3.